The fourth-order valence-corrected chi connectivity index (χ4v) is 3.23. The molecule has 1 aromatic rings. The maximum Gasteiger partial charge on any atom is 0.408 e. The van der Waals surface area contributed by atoms with Crippen molar-refractivity contribution in [1.29, 1.82) is 0 Å². The van der Waals surface area contributed by atoms with Crippen molar-refractivity contribution < 1.29 is 34.1 Å². The van der Waals surface area contributed by atoms with Gasteiger partial charge in [0.1, 0.15) is 12.6 Å². The number of aliphatic carboxylic acids is 2. The van der Waals surface area contributed by atoms with Gasteiger partial charge in [-0.1, -0.05) is 43.2 Å². The molecule has 9 nitrogen and oxygen atoms in total. The van der Waals surface area contributed by atoms with E-state index >= 15 is 0 Å². The van der Waals surface area contributed by atoms with Gasteiger partial charge in [-0.3, -0.25) is 14.9 Å². The molecule has 0 aliphatic heterocycles. The summed E-state index contributed by atoms with van der Waals surface area (Å²) in [7, 11) is 0. The summed E-state index contributed by atoms with van der Waals surface area (Å²) in [5, 5.41) is 23.6. The number of hydrogen-bond donors (Lipinski definition) is 4. The Morgan fingerprint density at radius 1 is 1.03 bits per heavy atom. The Balaban J connectivity index is 1.83. The van der Waals surface area contributed by atoms with Crippen LogP contribution < -0.4 is 10.6 Å². The molecular weight excluding hydrogens is 380 g/mol. The van der Waals surface area contributed by atoms with Gasteiger partial charge in [-0.05, 0) is 24.8 Å². The summed E-state index contributed by atoms with van der Waals surface area (Å²) in [6, 6.07) is 6.12. The summed E-state index contributed by atoms with van der Waals surface area (Å²) < 4.78 is 4.99. The van der Waals surface area contributed by atoms with Crippen LogP contribution in [0.1, 0.15) is 44.1 Å². The lowest BCUT2D eigenvalue weighted by Gasteiger charge is -2.19. The first-order chi connectivity index (χ1) is 13.9. The minimum Gasteiger partial charge on any atom is -0.480 e. The van der Waals surface area contributed by atoms with Crippen LogP contribution >= 0.6 is 0 Å². The minimum absolute atomic E-state index is 0.0235. The molecule has 158 valence electrons. The van der Waals surface area contributed by atoms with Gasteiger partial charge in [0.05, 0.1) is 0 Å². The normalized spacial score (nSPS) is 16.0. The molecule has 1 unspecified atom stereocenters. The second-order valence-corrected chi connectivity index (χ2v) is 7.02. The molecule has 0 spiro atoms. The van der Waals surface area contributed by atoms with Crippen LogP contribution in [0.4, 0.5) is 4.79 Å². The quantitative estimate of drug-likeness (QED) is 0.407. The second kappa shape index (κ2) is 11.2. The van der Waals surface area contributed by atoms with Crippen molar-refractivity contribution in [2.75, 3.05) is 0 Å². The predicted octanol–water partition coefficient (Wildman–Crippen LogP) is 1.70. The Bertz CT molecular complexity index is 717. The van der Waals surface area contributed by atoms with Crippen LogP contribution in [0.15, 0.2) is 30.3 Å². The van der Waals surface area contributed by atoms with E-state index in [9.17, 15) is 29.4 Å². The fourth-order valence-electron chi connectivity index (χ4n) is 3.23. The molecule has 2 rings (SSSR count). The van der Waals surface area contributed by atoms with E-state index in [0.29, 0.717) is 0 Å². The third-order valence-corrected chi connectivity index (χ3v) is 4.81. The van der Waals surface area contributed by atoms with Gasteiger partial charge >= 0.3 is 18.0 Å². The number of carboxylic acids is 2. The predicted molar refractivity (Wildman–Crippen MR) is 102 cm³/mol. The topological polar surface area (TPSA) is 142 Å². The first-order valence-corrected chi connectivity index (χ1v) is 9.58. The molecule has 1 fully saturated rings. The zero-order valence-electron chi connectivity index (χ0n) is 16.0. The third kappa shape index (κ3) is 7.53. The molecule has 2 atom stereocenters. The first kappa shape index (κ1) is 22.4. The fraction of sp³-hybridized carbons (Fsp3) is 0.500. The largest absolute Gasteiger partial charge is 0.480 e. The SMILES string of the molecule is O=C(N[C@@H](CCC(=O)C(NC1CCCC1)C(=O)O)C(=O)O)OCc1ccccc1. The maximum atomic E-state index is 12.3. The lowest BCUT2D eigenvalue weighted by molar-refractivity contribution is -0.143. The van der Waals surface area contributed by atoms with Gasteiger partial charge in [0.2, 0.25) is 0 Å². The maximum absolute atomic E-state index is 12.3. The second-order valence-electron chi connectivity index (χ2n) is 7.02. The van der Waals surface area contributed by atoms with E-state index in [4.69, 9.17) is 4.74 Å². The van der Waals surface area contributed by atoms with Crippen LogP contribution in [0.25, 0.3) is 0 Å². The molecule has 0 aromatic heterocycles. The van der Waals surface area contributed by atoms with Crippen LogP contribution in [-0.2, 0) is 25.7 Å². The van der Waals surface area contributed by atoms with Crippen molar-refractivity contribution in [2.45, 2.75) is 63.3 Å². The van der Waals surface area contributed by atoms with Gasteiger partial charge in [-0.2, -0.15) is 0 Å². The molecular formula is C20H26N2O7. The summed E-state index contributed by atoms with van der Waals surface area (Å²) in [5.74, 6) is -3.23. The van der Waals surface area contributed by atoms with Gasteiger partial charge in [0.15, 0.2) is 11.8 Å². The van der Waals surface area contributed by atoms with Crippen molar-refractivity contribution in [2.24, 2.45) is 0 Å². The number of nitrogens with one attached hydrogen (secondary N) is 2. The van der Waals surface area contributed by atoms with Crippen LogP contribution in [0.5, 0.6) is 0 Å². The molecule has 0 bridgehead atoms. The summed E-state index contributed by atoms with van der Waals surface area (Å²) in [5.41, 5.74) is 0.743. The van der Waals surface area contributed by atoms with Gasteiger partial charge < -0.3 is 20.3 Å². The molecule has 29 heavy (non-hydrogen) atoms. The molecule has 1 saturated carbocycles. The van der Waals surface area contributed by atoms with E-state index in [1.54, 1.807) is 24.3 Å². The average Bonchev–Trinajstić information content (AvgIpc) is 3.21. The van der Waals surface area contributed by atoms with Crippen molar-refractivity contribution >= 4 is 23.8 Å². The number of carbonyl (C=O) groups is 4. The Hall–Kier alpha value is -2.94. The molecule has 1 aliphatic rings. The number of Topliss-reactive ketones (excluding diaryl/α,β-unsaturated/α-hetero) is 1. The number of ether oxygens (including phenoxy) is 1. The van der Waals surface area contributed by atoms with Crippen molar-refractivity contribution in [3.8, 4) is 0 Å². The van der Waals surface area contributed by atoms with Gasteiger partial charge in [-0.15, -0.1) is 0 Å². The number of carboxylic acid groups (broad SMARTS) is 2. The molecule has 0 saturated heterocycles. The van der Waals surface area contributed by atoms with Gasteiger partial charge in [-0.25, -0.2) is 9.59 Å². The molecule has 0 radical (unpaired) electrons. The van der Waals surface area contributed by atoms with Crippen LogP contribution in [0.3, 0.4) is 0 Å². The van der Waals surface area contributed by atoms with E-state index in [2.05, 4.69) is 10.6 Å². The standard InChI is InChI=1S/C20H26N2O7/c23-16(17(19(26)27)21-14-8-4-5-9-14)11-10-15(18(24)25)22-20(28)29-12-13-6-2-1-3-7-13/h1-3,6-7,14-15,17,21H,4-5,8-12H2,(H,22,28)(H,24,25)(H,26,27)/t15-,17?/m0/s1. The van der Waals surface area contributed by atoms with Crippen LogP contribution in [0.2, 0.25) is 0 Å². The summed E-state index contributed by atoms with van der Waals surface area (Å²) in [6.45, 7) is -0.0235. The molecule has 1 amide bonds. The van der Waals surface area contributed by atoms with E-state index in [-0.39, 0.29) is 25.5 Å². The minimum atomic E-state index is -1.38. The molecule has 4 N–H and O–H groups in total. The van der Waals surface area contributed by atoms with E-state index in [0.717, 1.165) is 31.2 Å². The van der Waals surface area contributed by atoms with E-state index in [1.807, 2.05) is 6.07 Å². The highest BCUT2D eigenvalue weighted by Crippen LogP contribution is 2.18. The molecule has 0 heterocycles. The third-order valence-electron chi connectivity index (χ3n) is 4.81. The highest BCUT2D eigenvalue weighted by molar-refractivity contribution is 6.02. The highest BCUT2D eigenvalue weighted by Gasteiger charge is 2.31. The smallest absolute Gasteiger partial charge is 0.408 e. The number of rotatable bonds is 11. The number of hydrogen-bond acceptors (Lipinski definition) is 6. The lowest BCUT2D eigenvalue weighted by atomic mass is 10.0. The first-order valence-electron chi connectivity index (χ1n) is 9.58. The average molecular weight is 406 g/mol. The summed E-state index contributed by atoms with van der Waals surface area (Å²) in [6.07, 6.45) is 2.13. The molecule has 9 heteroatoms. The van der Waals surface area contributed by atoms with E-state index < -0.39 is 35.9 Å². The summed E-state index contributed by atoms with van der Waals surface area (Å²) >= 11 is 0. The molecule has 1 aromatic carbocycles. The Morgan fingerprint density at radius 3 is 2.28 bits per heavy atom. The lowest BCUT2D eigenvalue weighted by Crippen LogP contribution is -2.48. The van der Waals surface area contributed by atoms with E-state index in [1.165, 1.54) is 0 Å². The number of benzene rings is 1. The Morgan fingerprint density at radius 2 is 1.69 bits per heavy atom. The monoisotopic (exact) mass is 406 g/mol. The zero-order valence-corrected chi connectivity index (χ0v) is 16.0. The number of amides is 1. The molecule has 1 aliphatic carbocycles. The zero-order chi connectivity index (χ0) is 21.2. The number of alkyl carbamates (subject to hydrolysis) is 1. The van der Waals surface area contributed by atoms with Gasteiger partial charge in [0, 0.05) is 12.5 Å². The number of ketones is 1. The highest BCUT2D eigenvalue weighted by atomic mass is 16.5. The summed E-state index contributed by atoms with van der Waals surface area (Å²) in [4.78, 5) is 47.0. The van der Waals surface area contributed by atoms with Gasteiger partial charge in [0.25, 0.3) is 0 Å². The Labute approximate surface area is 168 Å². The van der Waals surface area contributed by atoms with Crippen LogP contribution in [-0.4, -0.2) is 52.2 Å². The Kier molecular flexibility index (Phi) is 8.60. The van der Waals surface area contributed by atoms with Crippen molar-refractivity contribution in [3.05, 3.63) is 35.9 Å². The van der Waals surface area contributed by atoms with Crippen molar-refractivity contribution in [3.63, 3.8) is 0 Å². The van der Waals surface area contributed by atoms with Crippen molar-refractivity contribution in [1.82, 2.24) is 10.6 Å². The van der Waals surface area contributed by atoms with Crippen LogP contribution in [0, 0.1) is 0 Å². The number of carbonyl (C=O) groups excluding carboxylic acids is 2.